The van der Waals surface area contributed by atoms with Crippen LogP contribution in [-0.4, -0.2) is 10.9 Å². The van der Waals surface area contributed by atoms with Gasteiger partial charge in [0, 0.05) is 22.1 Å². The second kappa shape index (κ2) is 5.33. The Balaban J connectivity index is 1.87. The number of benzene rings is 1. The van der Waals surface area contributed by atoms with Gasteiger partial charge in [0.2, 0.25) is 5.88 Å². The third-order valence-electron chi connectivity index (χ3n) is 4.50. The highest BCUT2D eigenvalue weighted by molar-refractivity contribution is 7.21. The molecular formula is C19H11N5O2S. The van der Waals surface area contributed by atoms with Gasteiger partial charge in [-0.15, -0.1) is 11.3 Å². The van der Waals surface area contributed by atoms with E-state index in [-0.39, 0.29) is 11.4 Å². The zero-order valence-electron chi connectivity index (χ0n) is 13.7. The predicted molar refractivity (Wildman–Crippen MR) is 104 cm³/mol. The number of thiophene rings is 1. The molecule has 0 aliphatic carbocycles. The van der Waals surface area contributed by atoms with E-state index in [1.54, 1.807) is 0 Å². The molecule has 0 saturated carbocycles. The number of aromatic nitrogens is 1. The van der Waals surface area contributed by atoms with Crippen molar-refractivity contribution < 1.29 is 9.21 Å². The summed E-state index contributed by atoms with van der Waals surface area (Å²) in [6.07, 6.45) is 0. The molecule has 0 radical (unpaired) electrons. The fourth-order valence-corrected chi connectivity index (χ4v) is 4.35. The lowest BCUT2D eigenvalue weighted by Gasteiger charge is -2.16. The van der Waals surface area contributed by atoms with Crippen molar-refractivity contribution in [3.05, 3.63) is 46.8 Å². The molecule has 7 nitrogen and oxygen atoms in total. The number of nitrogens with two attached hydrogens (primary N) is 2. The van der Waals surface area contributed by atoms with Gasteiger partial charge >= 0.3 is 0 Å². The van der Waals surface area contributed by atoms with Crippen LogP contribution in [0.15, 0.2) is 40.8 Å². The molecule has 27 heavy (non-hydrogen) atoms. The number of nitrogens with one attached hydrogen (secondary N) is 1. The Hall–Kier alpha value is -3.83. The van der Waals surface area contributed by atoms with Crippen molar-refractivity contribution in [2.24, 2.45) is 5.73 Å². The van der Waals surface area contributed by atoms with Crippen LogP contribution in [-0.2, 0) is 0 Å². The monoisotopic (exact) mass is 373 g/mol. The number of carbonyl (C=O) groups is 1. The normalized spacial score (nSPS) is 11.7. The molecule has 5 rings (SSSR count). The maximum atomic E-state index is 11.9. The minimum absolute atomic E-state index is 0.110. The van der Waals surface area contributed by atoms with Crippen LogP contribution in [0.5, 0.6) is 0 Å². The number of nitriles is 1. The maximum absolute atomic E-state index is 11.9. The fraction of sp³-hybridized carbons (Fsp3) is 0. The predicted octanol–water partition coefficient (Wildman–Crippen LogP) is 3.83. The second-order valence-corrected chi connectivity index (χ2v) is 7.05. The lowest BCUT2D eigenvalue weighted by atomic mass is 9.95. The van der Waals surface area contributed by atoms with Crippen LogP contribution in [0.25, 0.3) is 32.7 Å². The molecule has 5 N–H and O–H groups in total. The molecule has 130 valence electrons. The molecule has 0 atom stereocenters. The smallest absolute Gasteiger partial charge is 0.261 e. The van der Waals surface area contributed by atoms with E-state index < -0.39 is 5.91 Å². The zero-order valence-corrected chi connectivity index (χ0v) is 14.6. The highest BCUT2D eigenvalue weighted by Crippen LogP contribution is 2.52. The van der Waals surface area contributed by atoms with Crippen molar-refractivity contribution in [2.75, 3.05) is 11.1 Å². The fourth-order valence-electron chi connectivity index (χ4n) is 3.35. The molecule has 0 fully saturated rings. The number of pyridine rings is 1. The Morgan fingerprint density at radius 1 is 1.30 bits per heavy atom. The number of hydrogen-bond acceptors (Lipinski definition) is 7. The number of amides is 1. The first-order valence-electron chi connectivity index (χ1n) is 8.01. The van der Waals surface area contributed by atoms with Crippen molar-refractivity contribution in [3.63, 3.8) is 0 Å². The number of anilines is 3. The number of nitrogens with zero attached hydrogens (tertiary/aromatic N) is 2. The summed E-state index contributed by atoms with van der Waals surface area (Å²) in [6, 6.07) is 13.6. The molecule has 0 saturated heterocycles. The maximum Gasteiger partial charge on any atom is 0.261 e. The Labute approximate surface area is 156 Å². The average molecular weight is 373 g/mol. The van der Waals surface area contributed by atoms with Gasteiger partial charge < -0.3 is 21.2 Å². The van der Waals surface area contributed by atoms with Gasteiger partial charge in [-0.3, -0.25) is 4.79 Å². The van der Waals surface area contributed by atoms with E-state index in [1.807, 2.05) is 36.4 Å². The van der Waals surface area contributed by atoms with Gasteiger partial charge in [0.05, 0.1) is 5.69 Å². The van der Waals surface area contributed by atoms with Crippen LogP contribution in [0.4, 0.5) is 17.4 Å². The van der Waals surface area contributed by atoms with Crippen molar-refractivity contribution in [3.8, 4) is 28.5 Å². The number of nitrogen functional groups attached to an aromatic ring is 1. The molecule has 1 aromatic carbocycles. The number of hydrogen-bond donors (Lipinski definition) is 3. The SMILES string of the molecule is N#Cc1c(N)nc2sc(C(N)=O)c3c2c1-c1cc(-c2ccccc2)oc1N3. The lowest BCUT2D eigenvalue weighted by molar-refractivity contribution is 0.100. The van der Waals surface area contributed by atoms with E-state index in [4.69, 9.17) is 15.9 Å². The minimum atomic E-state index is -0.582. The molecule has 1 aliphatic heterocycles. The molecule has 0 unspecified atom stereocenters. The van der Waals surface area contributed by atoms with Gasteiger partial charge in [-0.2, -0.15) is 5.26 Å². The molecule has 3 aromatic heterocycles. The zero-order chi connectivity index (χ0) is 18.7. The van der Waals surface area contributed by atoms with Crippen LogP contribution >= 0.6 is 11.3 Å². The van der Waals surface area contributed by atoms with E-state index in [2.05, 4.69) is 16.4 Å². The molecule has 8 heteroatoms. The Morgan fingerprint density at radius 3 is 2.78 bits per heavy atom. The molecular weight excluding hydrogens is 362 g/mol. The highest BCUT2D eigenvalue weighted by Gasteiger charge is 2.32. The number of furan rings is 1. The van der Waals surface area contributed by atoms with Gasteiger partial charge in [-0.25, -0.2) is 4.98 Å². The van der Waals surface area contributed by atoms with Crippen molar-refractivity contribution in [2.45, 2.75) is 0 Å². The summed E-state index contributed by atoms with van der Waals surface area (Å²) in [7, 11) is 0. The van der Waals surface area contributed by atoms with E-state index in [0.29, 0.717) is 43.6 Å². The molecule has 1 aliphatic rings. The summed E-state index contributed by atoms with van der Waals surface area (Å²) in [5, 5.41) is 13.5. The van der Waals surface area contributed by atoms with Gasteiger partial charge in [0.15, 0.2) is 0 Å². The molecule has 0 spiro atoms. The van der Waals surface area contributed by atoms with Crippen LogP contribution < -0.4 is 16.8 Å². The van der Waals surface area contributed by atoms with Gasteiger partial charge in [-0.1, -0.05) is 30.3 Å². The summed E-state index contributed by atoms with van der Waals surface area (Å²) < 4.78 is 5.99. The first-order valence-corrected chi connectivity index (χ1v) is 8.82. The number of rotatable bonds is 2. The summed E-state index contributed by atoms with van der Waals surface area (Å²) in [5.74, 6) is 0.599. The number of fused-ring (bicyclic) bond motifs is 2. The Kier molecular flexibility index (Phi) is 3.05. The highest BCUT2D eigenvalue weighted by atomic mass is 32.1. The molecule has 1 amide bonds. The van der Waals surface area contributed by atoms with Crippen molar-refractivity contribution in [1.82, 2.24) is 4.98 Å². The average Bonchev–Trinajstić information content (AvgIpc) is 3.25. The topological polar surface area (TPSA) is 131 Å². The Morgan fingerprint density at radius 2 is 2.07 bits per heavy atom. The van der Waals surface area contributed by atoms with Crippen LogP contribution in [0.3, 0.4) is 0 Å². The molecule has 4 aromatic rings. The first-order chi connectivity index (χ1) is 13.1. The van der Waals surface area contributed by atoms with Crippen molar-refractivity contribution >= 4 is 44.9 Å². The summed E-state index contributed by atoms with van der Waals surface area (Å²) >= 11 is 1.14. The van der Waals surface area contributed by atoms with E-state index >= 15 is 0 Å². The van der Waals surface area contributed by atoms with E-state index in [1.165, 1.54) is 0 Å². The summed E-state index contributed by atoms with van der Waals surface area (Å²) in [4.78, 5) is 17.1. The standard InChI is InChI=1S/C19H11N5O2S/c20-7-10-12-9-6-11(8-4-2-1-3-5-8)26-18(9)23-14-13(12)19(24-16(10)21)27-15(14)17(22)25/h1-6,23H,(H2,21,24)(H2,22,25). The third kappa shape index (κ3) is 2.06. The van der Waals surface area contributed by atoms with E-state index in [9.17, 15) is 10.1 Å². The first kappa shape index (κ1) is 15.4. The van der Waals surface area contributed by atoms with Gasteiger partial charge in [0.25, 0.3) is 5.91 Å². The van der Waals surface area contributed by atoms with Crippen LogP contribution in [0.2, 0.25) is 0 Å². The summed E-state index contributed by atoms with van der Waals surface area (Å²) in [5.41, 5.74) is 14.5. The van der Waals surface area contributed by atoms with Crippen LogP contribution in [0, 0.1) is 11.3 Å². The van der Waals surface area contributed by atoms with Crippen LogP contribution in [0.1, 0.15) is 15.2 Å². The summed E-state index contributed by atoms with van der Waals surface area (Å²) in [6.45, 7) is 0. The largest absolute Gasteiger partial charge is 0.440 e. The second-order valence-electron chi connectivity index (χ2n) is 6.05. The third-order valence-corrected chi connectivity index (χ3v) is 5.60. The molecule has 0 bridgehead atoms. The Bertz CT molecular complexity index is 1300. The van der Waals surface area contributed by atoms with Gasteiger partial charge in [-0.05, 0) is 6.07 Å². The van der Waals surface area contributed by atoms with Gasteiger partial charge in [0.1, 0.15) is 32.9 Å². The lowest BCUT2D eigenvalue weighted by Crippen LogP contribution is -2.11. The number of primary amides is 1. The van der Waals surface area contributed by atoms with Crippen molar-refractivity contribution in [1.29, 1.82) is 5.26 Å². The van der Waals surface area contributed by atoms with E-state index in [0.717, 1.165) is 16.9 Å². The minimum Gasteiger partial charge on any atom is -0.440 e. The number of carbonyl (C=O) groups excluding carboxylic acids is 1. The quantitative estimate of drug-likeness (QED) is 0.431. The molecule has 4 heterocycles.